The van der Waals surface area contributed by atoms with E-state index in [1.54, 1.807) is 0 Å². The number of esters is 1. The minimum atomic E-state index is -0.163. The van der Waals surface area contributed by atoms with E-state index in [2.05, 4.69) is 4.90 Å². The third-order valence-electron chi connectivity index (χ3n) is 3.71. The van der Waals surface area contributed by atoms with Crippen LogP contribution in [0.5, 0.6) is 0 Å². The number of likely N-dealkylation sites (tertiary alicyclic amines) is 1. The van der Waals surface area contributed by atoms with E-state index in [4.69, 9.17) is 4.74 Å². The summed E-state index contributed by atoms with van der Waals surface area (Å²) in [5.41, 5.74) is 1.85. The molecule has 1 saturated heterocycles. The summed E-state index contributed by atoms with van der Waals surface area (Å²) < 4.78 is 5.04. The first-order chi connectivity index (χ1) is 9.74. The number of benzene rings is 1. The van der Waals surface area contributed by atoms with Crippen LogP contribution in [0.15, 0.2) is 24.3 Å². The van der Waals surface area contributed by atoms with Gasteiger partial charge < -0.3 is 4.74 Å². The summed E-state index contributed by atoms with van der Waals surface area (Å²) in [7, 11) is 0. The second kappa shape index (κ2) is 7.20. The molecular formula is C16H21NO3. The predicted octanol–water partition coefficient (Wildman–Crippen LogP) is 2.59. The molecule has 1 heterocycles. The van der Waals surface area contributed by atoms with Crippen LogP contribution in [0.2, 0.25) is 0 Å². The van der Waals surface area contributed by atoms with Crippen molar-refractivity contribution >= 4 is 12.3 Å². The SMILES string of the molecule is CCOC(=O)CN1CCCCC1c1ccc(C=O)cc1. The van der Waals surface area contributed by atoms with Crippen LogP contribution in [-0.2, 0) is 9.53 Å². The molecule has 1 aliphatic heterocycles. The molecule has 0 spiro atoms. The number of rotatable bonds is 5. The number of hydrogen-bond acceptors (Lipinski definition) is 4. The lowest BCUT2D eigenvalue weighted by Crippen LogP contribution is -2.38. The van der Waals surface area contributed by atoms with Crippen LogP contribution in [0.3, 0.4) is 0 Å². The van der Waals surface area contributed by atoms with Crippen LogP contribution in [0, 0.1) is 0 Å². The lowest BCUT2D eigenvalue weighted by atomic mass is 9.94. The molecule has 1 aromatic carbocycles. The summed E-state index contributed by atoms with van der Waals surface area (Å²) >= 11 is 0. The molecule has 2 rings (SSSR count). The van der Waals surface area contributed by atoms with Crippen molar-refractivity contribution in [1.29, 1.82) is 0 Å². The monoisotopic (exact) mass is 275 g/mol. The Labute approximate surface area is 119 Å². The Bertz CT molecular complexity index is 455. The van der Waals surface area contributed by atoms with Crippen molar-refractivity contribution in [2.45, 2.75) is 32.2 Å². The van der Waals surface area contributed by atoms with E-state index in [9.17, 15) is 9.59 Å². The van der Waals surface area contributed by atoms with E-state index in [0.29, 0.717) is 18.7 Å². The summed E-state index contributed by atoms with van der Waals surface area (Å²) in [6, 6.07) is 7.88. The van der Waals surface area contributed by atoms with Gasteiger partial charge in [0.05, 0.1) is 13.2 Å². The van der Waals surface area contributed by atoms with Crippen molar-refractivity contribution in [3.63, 3.8) is 0 Å². The maximum absolute atomic E-state index is 11.7. The molecule has 0 saturated carbocycles. The van der Waals surface area contributed by atoms with Gasteiger partial charge in [0.25, 0.3) is 0 Å². The van der Waals surface area contributed by atoms with E-state index < -0.39 is 0 Å². The Kier molecular flexibility index (Phi) is 5.30. The number of ether oxygens (including phenoxy) is 1. The standard InChI is InChI=1S/C16H21NO3/c1-2-20-16(19)11-17-10-4-3-5-15(17)14-8-6-13(12-18)7-9-14/h6-9,12,15H,2-5,10-11H2,1H3. The van der Waals surface area contributed by atoms with Crippen molar-refractivity contribution < 1.29 is 14.3 Å². The molecule has 0 aromatic heterocycles. The topological polar surface area (TPSA) is 46.6 Å². The Morgan fingerprint density at radius 1 is 1.35 bits per heavy atom. The molecule has 1 aliphatic rings. The number of piperidine rings is 1. The molecule has 0 radical (unpaired) electrons. The normalized spacial score (nSPS) is 19.6. The molecule has 1 fully saturated rings. The van der Waals surface area contributed by atoms with Crippen molar-refractivity contribution in [3.8, 4) is 0 Å². The van der Waals surface area contributed by atoms with E-state index in [1.165, 1.54) is 12.0 Å². The molecule has 0 aliphatic carbocycles. The Morgan fingerprint density at radius 3 is 2.75 bits per heavy atom. The van der Waals surface area contributed by atoms with Gasteiger partial charge in [0.2, 0.25) is 0 Å². The molecule has 4 heteroatoms. The molecule has 0 amide bonds. The molecule has 0 bridgehead atoms. The molecule has 0 N–H and O–H groups in total. The van der Waals surface area contributed by atoms with Crippen LogP contribution in [0.25, 0.3) is 0 Å². The average molecular weight is 275 g/mol. The van der Waals surface area contributed by atoms with Crippen LogP contribution in [0.1, 0.15) is 48.1 Å². The van der Waals surface area contributed by atoms with Crippen LogP contribution >= 0.6 is 0 Å². The fourth-order valence-electron chi connectivity index (χ4n) is 2.73. The van der Waals surface area contributed by atoms with Gasteiger partial charge in [0.15, 0.2) is 0 Å². The average Bonchev–Trinajstić information content (AvgIpc) is 2.48. The third-order valence-corrected chi connectivity index (χ3v) is 3.71. The molecule has 1 atom stereocenters. The number of hydrogen-bond donors (Lipinski definition) is 0. The van der Waals surface area contributed by atoms with Gasteiger partial charge in [0, 0.05) is 11.6 Å². The first-order valence-corrected chi connectivity index (χ1v) is 7.19. The highest BCUT2D eigenvalue weighted by atomic mass is 16.5. The number of aldehydes is 1. The summed E-state index contributed by atoms with van der Waals surface area (Å²) in [6.45, 7) is 3.50. The number of carbonyl (C=O) groups is 2. The van der Waals surface area contributed by atoms with Crippen molar-refractivity contribution in [2.75, 3.05) is 19.7 Å². The lowest BCUT2D eigenvalue weighted by molar-refractivity contribution is -0.145. The highest BCUT2D eigenvalue weighted by Gasteiger charge is 2.25. The van der Waals surface area contributed by atoms with Crippen molar-refractivity contribution in [2.24, 2.45) is 0 Å². The zero-order chi connectivity index (χ0) is 14.4. The zero-order valence-electron chi connectivity index (χ0n) is 11.9. The molecule has 1 aromatic rings. The third kappa shape index (κ3) is 3.67. The quantitative estimate of drug-likeness (QED) is 0.612. The van der Waals surface area contributed by atoms with Gasteiger partial charge >= 0.3 is 5.97 Å². The minimum absolute atomic E-state index is 0.163. The first-order valence-electron chi connectivity index (χ1n) is 7.19. The summed E-state index contributed by atoms with van der Waals surface area (Å²) in [6.07, 6.45) is 4.17. The van der Waals surface area contributed by atoms with Gasteiger partial charge in [0.1, 0.15) is 6.29 Å². The van der Waals surface area contributed by atoms with Gasteiger partial charge in [-0.3, -0.25) is 14.5 Å². The Hall–Kier alpha value is -1.68. The maximum atomic E-state index is 11.7. The zero-order valence-corrected chi connectivity index (χ0v) is 11.9. The van der Waals surface area contributed by atoms with Gasteiger partial charge in [-0.2, -0.15) is 0 Å². The second-order valence-corrected chi connectivity index (χ2v) is 5.07. The fourth-order valence-corrected chi connectivity index (χ4v) is 2.73. The highest BCUT2D eigenvalue weighted by molar-refractivity contribution is 5.74. The number of nitrogens with zero attached hydrogens (tertiary/aromatic N) is 1. The molecular weight excluding hydrogens is 254 g/mol. The Balaban J connectivity index is 2.08. The van der Waals surface area contributed by atoms with Crippen molar-refractivity contribution in [3.05, 3.63) is 35.4 Å². The van der Waals surface area contributed by atoms with Gasteiger partial charge in [-0.1, -0.05) is 30.7 Å². The summed E-state index contributed by atoms with van der Waals surface area (Å²) in [5, 5.41) is 0. The largest absolute Gasteiger partial charge is 0.465 e. The second-order valence-electron chi connectivity index (χ2n) is 5.07. The molecule has 20 heavy (non-hydrogen) atoms. The van der Waals surface area contributed by atoms with Crippen LogP contribution in [0.4, 0.5) is 0 Å². The van der Waals surface area contributed by atoms with E-state index in [1.807, 2.05) is 31.2 Å². The molecule has 1 unspecified atom stereocenters. The highest BCUT2D eigenvalue weighted by Crippen LogP contribution is 2.30. The minimum Gasteiger partial charge on any atom is -0.465 e. The summed E-state index contributed by atoms with van der Waals surface area (Å²) in [5.74, 6) is -0.163. The van der Waals surface area contributed by atoms with Crippen LogP contribution in [-0.4, -0.2) is 36.9 Å². The summed E-state index contributed by atoms with van der Waals surface area (Å²) in [4.78, 5) is 24.6. The van der Waals surface area contributed by atoms with E-state index in [-0.39, 0.29) is 12.0 Å². The maximum Gasteiger partial charge on any atom is 0.320 e. The smallest absolute Gasteiger partial charge is 0.320 e. The predicted molar refractivity (Wildman–Crippen MR) is 76.6 cm³/mol. The fraction of sp³-hybridized carbons (Fsp3) is 0.500. The van der Waals surface area contributed by atoms with E-state index in [0.717, 1.165) is 25.7 Å². The van der Waals surface area contributed by atoms with Gasteiger partial charge in [-0.25, -0.2) is 0 Å². The van der Waals surface area contributed by atoms with Crippen molar-refractivity contribution in [1.82, 2.24) is 4.90 Å². The molecule has 4 nitrogen and oxygen atoms in total. The van der Waals surface area contributed by atoms with Crippen LogP contribution < -0.4 is 0 Å². The van der Waals surface area contributed by atoms with Gasteiger partial charge in [-0.05, 0) is 31.9 Å². The van der Waals surface area contributed by atoms with Gasteiger partial charge in [-0.15, -0.1) is 0 Å². The number of carbonyl (C=O) groups excluding carboxylic acids is 2. The lowest BCUT2D eigenvalue weighted by Gasteiger charge is -2.35. The van der Waals surface area contributed by atoms with E-state index >= 15 is 0 Å². The Morgan fingerprint density at radius 2 is 2.10 bits per heavy atom. The molecule has 108 valence electrons. The first kappa shape index (κ1) is 14.7.